The van der Waals surface area contributed by atoms with Crippen LogP contribution in [0.1, 0.15) is 25.3 Å². The Morgan fingerprint density at radius 2 is 2.14 bits per heavy atom. The van der Waals surface area contributed by atoms with Crippen LogP contribution in [-0.2, 0) is 11.2 Å². The van der Waals surface area contributed by atoms with Gasteiger partial charge in [0.2, 0.25) is 5.91 Å². The smallest absolute Gasteiger partial charge is 0.226 e. The van der Waals surface area contributed by atoms with E-state index in [0.717, 1.165) is 43.9 Å². The van der Waals surface area contributed by atoms with Crippen molar-refractivity contribution in [2.75, 3.05) is 33.3 Å². The summed E-state index contributed by atoms with van der Waals surface area (Å²) in [6.07, 6.45) is 2.82. The van der Waals surface area contributed by atoms with Crippen LogP contribution in [0.4, 0.5) is 0 Å². The van der Waals surface area contributed by atoms with E-state index in [1.165, 1.54) is 6.42 Å². The van der Waals surface area contributed by atoms with Crippen LogP contribution in [0.3, 0.4) is 0 Å². The molecular weight excluding hydrogens is 264 g/mol. The molecule has 1 aromatic carbocycles. The second-order valence-electron chi connectivity index (χ2n) is 5.68. The van der Waals surface area contributed by atoms with E-state index in [1.54, 1.807) is 7.11 Å². The quantitative estimate of drug-likeness (QED) is 0.872. The topological polar surface area (TPSA) is 41.6 Å². The molecule has 0 aromatic heterocycles. The van der Waals surface area contributed by atoms with Gasteiger partial charge in [0.05, 0.1) is 13.5 Å². The van der Waals surface area contributed by atoms with E-state index in [0.29, 0.717) is 12.3 Å². The lowest BCUT2D eigenvalue weighted by Crippen LogP contribution is -2.43. The number of carbonyl (C=O) groups is 1. The maximum atomic E-state index is 12.4. The first kappa shape index (κ1) is 15.8. The molecule has 1 heterocycles. The Bertz CT molecular complexity index is 445. The van der Waals surface area contributed by atoms with Crippen LogP contribution in [0.25, 0.3) is 0 Å². The van der Waals surface area contributed by atoms with Crippen molar-refractivity contribution in [1.29, 1.82) is 0 Å². The lowest BCUT2D eigenvalue weighted by Gasteiger charge is -2.33. The van der Waals surface area contributed by atoms with Gasteiger partial charge in [-0.05, 0) is 49.5 Å². The molecule has 0 aliphatic carbocycles. The summed E-state index contributed by atoms with van der Waals surface area (Å²) in [5, 5.41) is 3.39. The van der Waals surface area contributed by atoms with Crippen LogP contribution < -0.4 is 10.1 Å². The van der Waals surface area contributed by atoms with Gasteiger partial charge in [0.25, 0.3) is 0 Å². The monoisotopic (exact) mass is 290 g/mol. The van der Waals surface area contributed by atoms with Gasteiger partial charge in [0.1, 0.15) is 5.75 Å². The molecule has 0 radical (unpaired) electrons. The van der Waals surface area contributed by atoms with Crippen molar-refractivity contribution < 1.29 is 9.53 Å². The van der Waals surface area contributed by atoms with Crippen LogP contribution in [0.15, 0.2) is 24.3 Å². The molecule has 1 amide bonds. The SMILES string of the molecule is CCNCC1CCCN(C(=O)Cc2ccc(OC)cc2)C1. The van der Waals surface area contributed by atoms with E-state index in [9.17, 15) is 4.79 Å². The Hall–Kier alpha value is -1.55. The minimum absolute atomic E-state index is 0.237. The Morgan fingerprint density at radius 1 is 1.38 bits per heavy atom. The van der Waals surface area contributed by atoms with Gasteiger partial charge in [0.15, 0.2) is 0 Å². The van der Waals surface area contributed by atoms with Gasteiger partial charge in [-0.15, -0.1) is 0 Å². The number of amides is 1. The normalized spacial score (nSPS) is 18.6. The van der Waals surface area contributed by atoms with Crippen LogP contribution in [0, 0.1) is 5.92 Å². The van der Waals surface area contributed by atoms with Gasteiger partial charge in [-0.1, -0.05) is 19.1 Å². The molecule has 1 atom stereocenters. The van der Waals surface area contributed by atoms with Crippen molar-refractivity contribution >= 4 is 5.91 Å². The zero-order valence-electron chi connectivity index (χ0n) is 13.1. The zero-order chi connectivity index (χ0) is 15.1. The highest BCUT2D eigenvalue weighted by molar-refractivity contribution is 5.78. The molecule has 1 fully saturated rings. The van der Waals surface area contributed by atoms with Crippen LogP contribution in [0.2, 0.25) is 0 Å². The van der Waals surface area contributed by atoms with Crippen LogP contribution >= 0.6 is 0 Å². The second-order valence-corrected chi connectivity index (χ2v) is 5.68. The van der Waals surface area contributed by atoms with Gasteiger partial charge >= 0.3 is 0 Å². The standard InChI is InChI=1S/C17H26N2O2/c1-3-18-12-15-5-4-10-19(13-15)17(20)11-14-6-8-16(21-2)9-7-14/h6-9,15,18H,3-5,10-13H2,1-2H3. The summed E-state index contributed by atoms with van der Waals surface area (Å²) in [5.41, 5.74) is 1.05. The lowest BCUT2D eigenvalue weighted by molar-refractivity contribution is -0.132. The predicted octanol–water partition coefficient (Wildman–Crippen LogP) is 2.09. The number of nitrogens with zero attached hydrogens (tertiary/aromatic N) is 1. The molecule has 1 unspecified atom stereocenters. The van der Waals surface area contributed by atoms with E-state index < -0.39 is 0 Å². The highest BCUT2D eigenvalue weighted by Gasteiger charge is 2.23. The van der Waals surface area contributed by atoms with E-state index in [-0.39, 0.29) is 5.91 Å². The fraction of sp³-hybridized carbons (Fsp3) is 0.588. The van der Waals surface area contributed by atoms with Gasteiger partial charge in [0, 0.05) is 13.1 Å². The van der Waals surface area contributed by atoms with Gasteiger partial charge in [-0.25, -0.2) is 0 Å². The third-order valence-electron chi connectivity index (χ3n) is 4.07. The van der Waals surface area contributed by atoms with Gasteiger partial charge < -0.3 is 15.0 Å². The molecule has 1 N–H and O–H groups in total. The fourth-order valence-electron chi connectivity index (χ4n) is 2.84. The fourth-order valence-corrected chi connectivity index (χ4v) is 2.84. The number of hydrogen-bond donors (Lipinski definition) is 1. The van der Waals surface area contributed by atoms with Gasteiger partial charge in [-0.2, -0.15) is 0 Å². The molecule has 4 heteroatoms. The number of carbonyl (C=O) groups excluding carboxylic acids is 1. The van der Waals surface area contributed by atoms with Crippen molar-refractivity contribution in [3.05, 3.63) is 29.8 Å². The summed E-state index contributed by atoms with van der Waals surface area (Å²) >= 11 is 0. The van der Waals surface area contributed by atoms with E-state index >= 15 is 0 Å². The van der Waals surface area contributed by atoms with Gasteiger partial charge in [-0.3, -0.25) is 4.79 Å². The maximum Gasteiger partial charge on any atom is 0.226 e. The average molecular weight is 290 g/mol. The molecular formula is C17H26N2O2. The Balaban J connectivity index is 1.86. The summed E-state index contributed by atoms with van der Waals surface area (Å²) in [7, 11) is 1.65. The average Bonchev–Trinajstić information content (AvgIpc) is 2.54. The number of likely N-dealkylation sites (tertiary alicyclic amines) is 1. The van der Waals surface area contributed by atoms with Crippen molar-refractivity contribution in [3.8, 4) is 5.75 Å². The molecule has 1 aliphatic heterocycles. The molecule has 2 rings (SSSR count). The van der Waals surface area contributed by atoms with Crippen LogP contribution in [0.5, 0.6) is 5.75 Å². The molecule has 4 nitrogen and oxygen atoms in total. The Kier molecular flexibility index (Phi) is 6.05. The zero-order valence-corrected chi connectivity index (χ0v) is 13.1. The Morgan fingerprint density at radius 3 is 2.81 bits per heavy atom. The van der Waals surface area contributed by atoms with Crippen molar-refractivity contribution in [3.63, 3.8) is 0 Å². The Labute approximate surface area is 127 Å². The summed E-state index contributed by atoms with van der Waals surface area (Å²) in [6.45, 7) is 5.92. The molecule has 1 saturated heterocycles. The third kappa shape index (κ3) is 4.74. The van der Waals surface area contributed by atoms with Crippen molar-refractivity contribution in [2.45, 2.75) is 26.2 Å². The first-order valence-corrected chi connectivity index (χ1v) is 7.84. The van der Waals surface area contributed by atoms with E-state index in [2.05, 4.69) is 12.2 Å². The van der Waals surface area contributed by atoms with Crippen molar-refractivity contribution in [2.24, 2.45) is 5.92 Å². The van der Waals surface area contributed by atoms with E-state index in [4.69, 9.17) is 4.74 Å². The largest absolute Gasteiger partial charge is 0.497 e. The molecule has 21 heavy (non-hydrogen) atoms. The molecule has 0 spiro atoms. The molecule has 116 valence electrons. The number of benzene rings is 1. The number of piperidine rings is 1. The summed E-state index contributed by atoms with van der Waals surface area (Å²) in [4.78, 5) is 14.4. The second kappa shape index (κ2) is 8.03. The predicted molar refractivity (Wildman–Crippen MR) is 84.5 cm³/mol. The summed E-state index contributed by atoms with van der Waals surface area (Å²) in [6, 6.07) is 7.76. The van der Waals surface area contributed by atoms with E-state index in [1.807, 2.05) is 29.2 Å². The van der Waals surface area contributed by atoms with Crippen molar-refractivity contribution in [1.82, 2.24) is 10.2 Å². The number of ether oxygens (including phenoxy) is 1. The summed E-state index contributed by atoms with van der Waals surface area (Å²) < 4.78 is 5.14. The third-order valence-corrected chi connectivity index (χ3v) is 4.07. The number of hydrogen-bond acceptors (Lipinski definition) is 3. The lowest BCUT2D eigenvalue weighted by atomic mass is 9.97. The number of methoxy groups -OCH3 is 1. The first-order chi connectivity index (χ1) is 10.2. The number of nitrogens with one attached hydrogen (secondary N) is 1. The van der Waals surface area contributed by atoms with Crippen LogP contribution in [-0.4, -0.2) is 44.1 Å². The highest BCUT2D eigenvalue weighted by atomic mass is 16.5. The number of rotatable bonds is 6. The molecule has 0 saturated carbocycles. The maximum absolute atomic E-state index is 12.4. The molecule has 1 aromatic rings. The molecule has 0 bridgehead atoms. The first-order valence-electron chi connectivity index (χ1n) is 7.84. The minimum atomic E-state index is 0.237. The summed E-state index contributed by atoms with van der Waals surface area (Å²) in [5.74, 6) is 1.66. The highest BCUT2D eigenvalue weighted by Crippen LogP contribution is 2.18. The minimum Gasteiger partial charge on any atom is -0.497 e. The molecule has 1 aliphatic rings.